The van der Waals surface area contributed by atoms with Crippen LogP contribution in [0.4, 0.5) is 5.69 Å². The van der Waals surface area contributed by atoms with Crippen molar-refractivity contribution in [1.82, 2.24) is 5.32 Å². The second-order valence-electron chi connectivity index (χ2n) is 4.58. The van der Waals surface area contributed by atoms with Crippen LogP contribution in [0, 0.1) is 0 Å². The molecule has 0 aliphatic heterocycles. The number of carboxylic acid groups (broad SMARTS) is 1. The van der Waals surface area contributed by atoms with Gasteiger partial charge >= 0.3 is 5.97 Å². The van der Waals surface area contributed by atoms with Crippen molar-refractivity contribution in [3.63, 3.8) is 0 Å². The number of carboxylic acids is 1. The van der Waals surface area contributed by atoms with E-state index in [1.54, 1.807) is 30.3 Å². The molecule has 6 nitrogen and oxygen atoms in total. The van der Waals surface area contributed by atoms with Crippen LogP contribution in [-0.4, -0.2) is 23.0 Å². The molecule has 0 aliphatic carbocycles. The summed E-state index contributed by atoms with van der Waals surface area (Å²) in [5.74, 6) is -0.863. The molecule has 116 valence electrons. The largest absolute Gasteiger partial charge is 0.480 e. The molecule has 1 aromatic heterocycles. The van der Waals surface area contributed by atoms with Crippen LogP contribution in [0.3, 0.4) is 0 Å². The van der Waals surface area contributed by atoms with Gasteiger partial charge in [-0.3, -0.25) is 14.9 Å². The Kier molecular flexibility index (Phi) is 5.74. The zero-order chi connectivity index (χ0) is 15.9. The highest BCUT2D eigenvalue weighted by Crippen LogP contribution is 2.21. The minimum Gasteiger partial charge on any atom is -0.480 e. The van der Waals surface area contributed by atoms with E-state index in [9.17, 15) is 14.7 Å². The molecule has 3 N–H and O–H groups in total. The van der Waals surface area contributed by atoms with Crippen molar-refractivity contribution in [2.75, 3.05) is 5.32 Å². The fourth-order valence-corrected chi connectivity index (χ4v) is 2.22. The van der Waals surface area contributed by atoms with Gasteiger partial charge in [-0.1, -0.05) is 12.1 Å². The van der Waals surface area contributed by atoms with Gasteiger partial charge < -0.3 is 14.8 Å². The topological polar surface area (TPSA) is 91.6 Å². The number of para-hydroxylation sites is 1. The molecule has 0 bridgehead atoms. The number of anilines is 1. The minimum absolute atomic E-state index is 0.183. The lowest BCUT2D eigenvalue weighted by atomic mass is 10.2. The van der Waals surface area contributed by atoms with Crippen LogP contribution in [0.2, 0.25) is 0 Å². The first kappa shape index (κ1) is 16.3. The highest BCUT2D eigenvalue weighted by atomic mass is 79.9. The maximum atomic E-state index is 12.0. The molecule has 1 atom stereocenters. The maximum absolute atomic E-state index is 12.0. The quantitative estimate of drug-likeness (QED) is 0.700. The predicted molar refractivity (Wildman–Crippen MR) is 84.4 cm³/mol. The molecule has 2 rings (SSSR count). The van der Waals surface area contributed by atoms with Crippen molar-refractivity contribution in [1.29, 1.82) is 0 Å². The third-order valence-electron chi connectivity index (χ3n) is 2.94. The van der Waals surface area contributed by atoms with E-state index in [0.29, 0.717) is 11.4 Å². The summed E-state index contributed by atoms with van der Waals surface area (Å²) in [6.07, 6.45) is 1.32. The van der Waals surface area contributed by atoms with Crippen LogP contribution in [0.1, 0.15) is 12.2 Å². The first-order chi connectivity index (χ1) is 10.6. The second kappa shape index (κ2) is 7.77. The zero-order valence-corrected chi connectivity index (χ0v) is 13.2. The third kappa shape index (κ3) is 4.71. The number of carbonyl (C=O) groups is 2. The summed E-state index contributed by atoms with van der Waals surface area (Å²) in [6.45, 7) is 0.242. The first-order valence-electron chi connectivity index (χ1n) is 6.59. The van der Waals surface area contributed by atoms with E-state index in [1.165, 1.54) is 6.26 Å². The average molecular weight is 367 g/mol. The summed E-state index contributed by atoms with van der Waals surface area (Å²) in [5.41, 5.74) is 0.600. The predicted octanol–water partition coefficient (Wildman–Crippen LogP) is 2.61. The molecule has 1 heterocycles. The van der Waals surface area contributed by atoms with Crippen LogP contribution < -0.4 is 10.6 Å². The van der Waals surface area contributed by atoms with Gasteiger partial charge in [0.2, 0.25) is 5.91 Å². The summed E-state index contributed by atoms with van der Waals surface area (Å²) in [5, 5.41) is 14.7. The fourth-order valence-electron chi connectivity index (χ4n) is 1.83. The molecule has 0 saturated heterocycles. The Bertz CT molecular complexity index is 643. The van der Waals surface area contributed by atoms with E-state index >= 15 is 0 Å². The van der Waals surface area contributed by atoms with Gasteiger partial charge in [0, 0.05) is 4.47 Å². The van der Waals surface area contributed by atoms with E-state index < -0.39 is 12.0 Å². The molecule has 0 aliphatic rings. The van der Waals surface area contributed by atoms with Crippen LogP contribution >= 0.6 is 15.9 Å². The van der Waals surface area contributed by atoms with Crippen molar-refractivity contribution in [3.8, 4) is 0 Å². The van der Waals surface area contributed by atoms with E-state index in [-0.39, 0.29) is 18.9 Å². The highest BCUT2D eigenvalue weighted by Gasteiger charge is 2.21. The molecule has 0 spiro atoms. The number of rotatable bonds is 7. The fraction of sp³-hybridized carbons (Fsp3) is 0.200. The lowest BCUT2D eigenvalue weighted by Crippen LogP contribution is -2.39. The van der Waals surface area contributed by atoms with Crippen molar-refractivity contribution in [2.24, 2.45) is 0 Å². The van der Waals surface area contributed by atoms with Crippen LogP contribution in [0.5, 0.6) is 0 Å². The Hall–Kier alpha value is -2.12. The molecule has 1 amide bonds. The summed E-state index contributed by atoms with van der Waals surface area (Å²) in [4.78, 5) is 23.2. The Labute approximate surface area is 135 Å². The Morgan fingerprint density at radius 1 is 1.23 bits per heavy atom. The number of furan rings is 1. The van der Waals surface area contributed by atoms with Gasteiger partial charge in [0.15, 0.2) is 0 Å². The highest BCUT2D eigenvalue weighted by molar-refractivity contribution is 9.10. The van der Waals surface area contributed by atoms with Gasteiger partial charge in [-0.25, -0.2) is 0 Å². The van der Waals surface area contributed by atoms with Crippen molar-refractivity contribution in [2.45, 2.75) is 19.0 Å². The number of hydrogen-bond donors (Lipinski definition) is 3. The van der Waals surface area contributed by atoms with Gasteiger partial charge in [0.1, 0.15) is 11.8 Å². The molecule has 0 radical (unpaired) electrons. The Morgan fingerprint density at radius 3 is 2.64 bits per heavy atom. The zero-order valence-electron chi connectivity index (χ0n) is 11.6. The number of nitrogens with one attached hydrogen (secondary N) is 2. The summed E-state index contributed by atoms with van der Waals surface area (Å²) in [6, 6.07) is 9.58. The number of carbonyl (C=O) groups excluding carboxylic acids is 1. The molecule has 2 aromatic rings. The van der Waals surface area contributed by atoms with Gasteiger partial charge in [-0.15, -0.1) is 0 Å². The SMILES string of the molecule is O=C(CC(NCc1ccco1)C(=O)O)Nc1ccccc1Br. The van der Waals surface area contributed by atoms with Crippen molar-refractivity contribution in [3.05, 3.63) is 52.9 Å². The summed E-state index contributed by atoms with van der Waals surface area (Å²) >= 11 is 3.32. The number of halogens is 1. The molecular formula is C15H15BrN2O4. The second-order valence-corrected chi connectivity index (χ2v) is 5.44. The average Bonchev–Trinajstić information content (AvgIpc) is 2.99. The van der Waals surface area contributed by atoms with Crippen LogP contribution in [-0.2, 0) is 16.1 Å². The summed E-state index contributed by atoms with van der Waals surface area (Å²) < 4.78 is 5.85. The molecular weight excluding hydrogens is 352 g/mol. The van der Waals surface area contributed by atoms with E-state index in [2.05, 4.69) is 26.6 Å². The lowest BCUT2D eigenvalue weighted by molar-refractivity contribution is -0.141. The smallest absolute Gasteiger partial charge is 0.321 e. The molecule has 0 fully saturated rings. The van der Waals surface area contributed by atoms with E-state index in [0.717, 1.165) is 4.47 Å². The number of amides is 1. The van der Waals surface area contributed by atoms with Gasteiger partial charge in [0.05, 0.1) is 24.9 Å². The monoisotopic (exact) mass is 366 g/mol. The van der Waals surface area contributed by atoms with Gasteiger partial charge in [-0.2, -0.15) is 0 Å². The molecule has 22 heavy (non-hydrogen) atoms. The standard InChI is InChI=1S/C15H15BrN2O4/c16-11-5-1-2-6-12(11)18-14(19)8-13(15(20)21)17-9-10-4-3-7-22-10/h1-7,13,17H,8-9H2,(H,18,19)(H,20,21). The van der Waals surface area contributed by atoms with Crippen LogP contribution in [0.15, 0.2) is 51.6 Å². The maximum Gasteiger partial charge on any atom is 0.321 e. The van der Waals surface area contributed by atoms with Crippen LogP contribution in [0.25, 0.3) is 0 Å². The first-order valence-corrected chi connectivity index (χ1v) is 7.38. The van der Waals surface area contributed by atoms with Gasteiger partial charge in [-0.05, 0) is 40.2 Å². The Balaban J connectivity index is 1.91. The van der Waals surface area contributed by atoms with Crippen molar-refractivity contribution >= 4 is 33.5 Å². The Morgan fingerprint density at radius 2 is 2.00 bits per heavy atom. The molecule has 7 heteroatoms. The minimum atomic E-state index is -1.09. The lowest BCUT2D eigenvalue weighted by Gasteiger charge is -2.14. The summed E-state index contributed by atoms with van der Waals surface area (Å²) in [7, 11) is 0. The molecule has 1 aromatic carbocycles. The van der Waals surface area contributed by atoms with Gasteiger partial charge in [0.25, 0.3) is 0 Å². The van der Waals surface area contributed by atoms with E-state index in [1.807, 2.05) is 6.07 Å². The third-order valence-corrected chi connectivity index (χ3v) is 3.63. The normalized spacial score (nSPS) is 11.9. The molecule has 1 unspecified atom stereocenters. The number of aliphatic carboxylic acids is 1. The number of benzene rings is 1. The van der Waals surface area contributed by atoms with Crippen molar-refractivity contribution < 1.29 is 19.1 Å². The van der Waals surface area contributed by atoms with E-state index in [4.69, 9.17) is 4.42 Å². The number of hydrogen-bond acceptors (Lipinski definition) is 4. The molecule has 0 saturated carbocycles.